The maximum atomic E-state index is 13.2. The van der Waals surface area contributed by atoms with Crippen LogP contribution in [0, 0.1) is 0 Å². The summed E-state index contributed by atoms with van der Waals surface area (Å²) >= 11 is 0. The smallest absolute Gasteiger partial charge is 0.303 e. The van der Waals surface area contributed by atoms with Crippen LogP contribution in [-0.2, 0) is 85.7 Å². The van der Waals surface area contributed by atoms with E-state index < -0.39 is 168 Å². The van der Waals surface area contributed by atoms with Crippen LogP contribution in [0.3, 0.4) is 0 Å². The summed E-state index contributed by atoms with van der Waals surface area (Å²) in [5.41, 5.74) is -1.74. The second-order valence-electron chi connectivity index (χ2n) is 13.5. The van der Waals surface area contributed by atoms with Crippen LogP contribution in [0.25, 0.3) is 0 Å². The number of esters is 8. The summed E-state index contributed by atoms with van der Waals surface area (Å²) in [5, 5.41) is 23.6. The van der Waals surface area contributed by atoms with Crippen molar-refractivity contribution in [2.24, 2.45) is 0 Å². The van der Waals surface area contributed by atoms with Crippen molar-refractivity contribution in [3.05, 3.63) is 23.3 Å². The third-order valence-electron chi connectivity index (χ3n) is 8.60. The van der Waals surface area contributed by atoms with Gasteiger partial charge in [0.25, 0.3) is 0 Å². The summed E-state index contributed by atoms with van der Waals surface area (Å²) in [6.45, 7) is 6.16. The highest BCUT2D eigenvalue weighted by Crippen LogP contribution is 2.52. The Bertz CT molecular complexity index is 1890. The predicted molar refractivity (Wildman–Crippen MR) is 193 cm³/mol. The van der Waals surface area contributed by atoms with Crippen molar-refractivity contribution in [2.75, 3.05) is 13.2 Å². The zero-order valence-electron chi connectivity index (χ0n) is 34.2. The van der Waals surface area contributed by atoms with E-state index in [0.717, 1.165) is 67.5 Å². The number of aromatic hydroxyl groups is 2. The normalized spacial score (nSPS) is 26.4. The van der Waals surface area contributed by atoms with E-state index in [1.165, 1.54) is 0 Å². The van der Waals surface area contributed by atoms with Gasteiger partial charge >= 0.3 is 47.8 Å². The lowest BCUT2D eigenvalue weighted by Crippen LogP contribution is -2.64. The Labute approximate surface area is 350 Å². The fourth-order valence-electron chi connectivity index (χ4n) is 6.49. The molecule has 1 aromatic carbocycles. The molecule has 10 atom stereocenters. The average Bonchev–Trinajstić information content (AvgIpc) is 3.14. The van der Waals surface area contributed by atoms with Crippen LogP contribution in [-0.4, -0.2) is 144 Å². The maximum Gasteiger partial charge on any atom is 0.303 e. The van der Waals surface area contributed by atoms with E-state index >= 15 is 0 Å². The predicted octanol–water partition coefficient (Wildman–Crippen LogP) is -0.0432. The summed E-state index contributed by atoms with van der Waals surface area (Å²) in [7, 11) is 0. The van der Waals surface area contributed by atoms with Gasteiger partial charge in [0.15, 0.2) is 47.5 Å². The molecule has 0 bridgehead atoms. The number of ether oxygens (including phenoxy) is 12. The molecule has 0 spiro atoms. The highest BCUT2D eigenvalue weighted by molar-refractivity contribution is 6.25. The van der Waals surface area contributed by atoms with Crippen LogP contribution in [0.1, 0.15) is 76.1 Å². The Kier molecular flexibility index (Phi) is 15.6. The molecule has 1 aromatic rings. The van der Waals surface area contributed by atoms with Gasteiger partial charge in [-0.25, -0.2) is 0 Å². The van der Waals surface area contributed by atoms with E-state index in [4.69, 9.17) is 56.8 Å². The molecule has 2 saturated heterocycles. The van der Waals surface area contributed by atoms with Crippen LogP contribution >= 0.6 is 0 Å². The van der Waals surface area contributed by atoms with E-state index in [9.17, 15) is 58.2 Å². The number of rotatable bonds is 14. The van der Waals surface area contributed by atoms with Gasteiger partial charge < -0.3 is 67.1 Å². The quantitative estimate of drug-likeness (QED) is 0.141. The number of ketones is 2. The van der Waals surface area contributed by atoms with Crippen molar-refractivity contribution in [3.8, 4) is 23.0 Å². The Morgan fingerprint density at radius 2 is 0.726 bits per heavy atom. The first-order chi connectivity index (χ1) is 29.0. The molecule has 2 aliphatic heterocycles. The Morgan fingerprint density at radius 3 is 1.00 bits per heavy atom. The molecule has 0 amide bonds. The van der Waals surface area contributed by atoms with Crippen molar-refractivity contribution in [1.82, 2.24) is 0 Å². The molecule has 62 heavy (non-hydrogen) atoms. The summed E-state index contributed by atoms with van der Waals surface area (Å²) in [4.78, 5) is 125. The number of fused-ring (bicyclic) bond motifs is 1. The zero-order valence-corrected chi connectivity index (χ0v) is 34.2. The number of allylic oxidation sites excluding steroid dienone is 2. The van der Waals surface area contributed by atoms with Crippen molar-refractivity contribution in [3.63, 3.8) is 0 Å². The molecule has 0 radical (unpaired) electrons. The van der Waals surface area contributed by atoms with Crippen molar-refractivity contribution in [2.45, 2.75) is 117 Å². The lowest BCUT2D eigenvalue weighted by atomic mass is 9.91. The molecule has 1 aliphatic carbocycles. The molecular formula is C38H42O24. The second-order valence-corrected chi connectivity index (χ2v) is 13.5. The molecule has 2 fully saturated rings. The molecule has 4 rings (SSSR count). The van der Waals surface area contributed by atoms with Crippen molar-refractivity contribution in [1.29, 1.82) is 0 Å². The van der Waals surface area contributed by atoms with Crippen LogP contribution in [0.2, 0.25) is 0 Å². The zero-order chi connectivity index (χ0) is 46.3. The molecular weight excluding hydrogens is 840 g/mol. The monoisotopic (exact) mass is 882 g/mol. The first-order valence-corrected chi connectivity index (χ1v) is 18.3. The third kappa shape index (κ3) is 11.5. The number of hydrogen-bond acceptors (Lipinski definition) is 24. The molecule has 1 unspecified atom stereocenters. The summed E-state index contributed by atoms with van der Waals surface area (Å²) < 4.78 is 66.4. The van der Waals surface area contributed by atoms with E-state index in [0.29, 0.717) is 0 Å². The number of carbonyl (C=O) groups excluding carboxylic acids is 10. The Hall–Kier alpha value is -6.82. The SMILES string of the molecule is CC(=O)OCC1O[C@@H](Oc2c(O)c3c(c(O)c2O[C@@H]2O[C@H](COC(C)=O)[C@@H](OC(C)=O)[C@H](OC(C)=O)[C@H]2OC(C)=O)C(=O)C=CC3=O)[C@H](OC(C)=O)[C@@H](OC(C)=O)[C@@H]1OC(C)=O. The lowest BCUT2D eigenvalue weighted by Gasteiger charge is -2.45. The minimum atomic E-state index is -2.18. The highest BCUT2D eigenvalue weighted by Gasteiger charge is 2.56. The number of phenols is 2. The third-order valence-corrected chi connectivity index (χ3v) is 8.60. The number of phenolic OH excluding ortho intramolecular Hbond substituents is 2. The largest absolute Gasteiger partial charge is 0.504 e. The number of hydrogen-bond donors (Lipinski definition) is 2. The van der Waals surface area contributed by atoms with Gasteiger partial charge in [0.05, 0.1) is 11.1 Å². The fraction of sp³-hybridized carbons (Fsp3) is 0.526. The van der Waals surface area contributed by atoms with E-state index in [1.54, 1.807) is 0 Å². The highest BCUT2D eigenvalue weighted by atomic mass is 16.8. The Morgan fingerprint density at radius 1 is 0.452 bits per heavy atom. The summed E-state index contributed by atoms with van der Waals surface area (Å²) in [6.07, 6.45) is -17.2. The lowest BCUT2D eigenvalue weighted by molar-refractivity contribution is -0.292. The standard InChI is InChI=1S/C38H42O24/c1-13(39)51-11-23-29(53-15(3)41)33(55-17(5)43)35(57-19(7)45)37(59-23)61-31-27(49)25-21(47)9-10-22(48)26(25)28(50)32(31)62-38-36(58-20(8)46)34(56-18(6)44)30(54-16(4)42)24(60-38)12-52-14(2)40/h9-10,23-24,29-30,33-38,49-50H,11-12H2,1-8H3/t23-,24?,29-,30-,33+,34+,35-,36-,37+,38+/m1/s1. The minimum Gasteiger partial charge on any atom is -0.504 e. The first kappa shape index (κ1) is 47.9. The first-order valence-electron chi connectivity index (χ1n) is 18.3. The van der Waals surface area contributed by atoms with Gasteiger partial charge in [0, 0.05) is 55.4 Å². The van der Waals surface area contributed by atoms with Crippen molar-refractivity contribution < 1.29 is 115 Å². The molecule has 24 heteroatoms. The van der Waals surface area contributed by atoms with Crippen LogP contribution in [0.15, 0.2) is 12.2 Å². The molecule has 338 valence electrons. The second kappa shape index (κ2) is 20.2. The van der Waals surface area contributed by atoms with Gasteiger partial charge in [0.1, 0.15) is 25.4 Å². The topological polar surface area (TPSA) is 322 Å². The van der Waals surface area contributed by atoms with Crippen LogP contribution < -0.4 is 9.47 Å². The molecule has 2 N–H and O–H groups in total. The molecule has 2 heterocycles. The molecule has 0 saturated carbocycles. The Balaban J connectivity index is 2.00. The van der Waals surface area contributed by atoms with Gasteiger partial charge in [0.2, 0.25) is 36.3 Å². The van der Waals surface area contributed by atoms with Gasteiger partial charge in [-0.1, -0.05) is 0 Å². The maximum absolute atomic E-state index is 13.2. The number of benzene rings is 1. The molecule has 24 nitrogen and oxygen atoms in total. The molecule has 3 aliphatic rings. The van der Waals surface area contributed by atoms with Gasteiger partial charge in [-0.15, -0.1) is 0 Å². The average molecular weight is 883 g/mol. The molecule has 0 aromatic heterocycles. The summed E-state index contributed by atoms with van der Waals surface area (Å²) in [5.74, 6) is -14.8. The fourth-order valence-corrected chi connectivity index (χ4v) is 6.49. The van der Waals surface area contributed by atoms with E-state index in [1.807, 2.05) is 0 Å². The van der Waals surface area contributed by atoms with Crippen LogP contribution in [0.4, 0.5) is 0 Å². The van der Waals surface area contributed by atoms with Crippen LogP contribution in [0.5, 0.6) is 23.0 Å². The number of carbonyl (C=O) groups is 10. The minimum absolute atomic E-state index is 0.738. The van der Waals surface area contributed by atoms with E-state index in [-0.39, 0.29) is 0 Å². The van der Waals surface area contributed by atoms with Crippen molar-refractivity contribution >= 4 is 59.3 Å². The van der Waals surface area contributed by atoms with Gasteiger partial charge in [-0.2, -0.15) is 0 Å². The van der Waals surface area contributed by atoms with Gasteiger partial charge in [-0.3, -0.25) is 47.9 Å². The van der Waals surface area contributed by atoms with E-state index in [2.05, 4.69) is 0 Å². The van der Waals surface area contributed by atoms with Gasteiger partial charge in [-0.05, 0) is 12.2 Å². The summed E-state index contributed by atoms with van der Waals surface area (Å²) in [6, 6.07) is 0.